The van der Waals surface area contributed by atoms with Gasteiger partial charge in [-0.15, -0.1) is 11.3 Å². The first-order valence-corrected chi connectivity index (χ1v) is 11.7. The van der Waals surface area contributed by atoms with Crippen LogP contribution < -0.4 is 15.8 Å². The number of piperidine rings is 1. The molecule has 0 radical (unpaired) electrons. The number of aromatic nitrogens is 3. The number of thiazole rings is 1. The minimum Gasteiger partial charge on any atom is -0.372 e. The third-order valence-electron chi connectivity index (χ3n) is 5.72. The number of H-pyrrole nitrogens is 1. The smallest absolute Gasteiger partial charge is 0.259 e. The van der Waals surface area contributed by atoms with E-state index in [2.05, 4.69) is 51.4 Å². The molecule has 4 heterocycles. The first-order valence-electron chi connectivity index (χ1n) is 10.8. The number of nitrogens with zero attached hydrogens (tertiary/aromatic N) is 3. The molecule has 0 bridgehead atoms. The second kappa shape index (κ2) is 8.51. The summed E-state index contributed by atoms with van der Waals surface area (Å²) < 4.78 is 0. The van der Waals surface area contributed by atoms with Crippen molar-refractivity contribution in [1.82, 2.24) is 15.0 Å². The molecule has 1 saturated heterocycles. The number of aromatic amines is 1. The molecule has 0 atom stereocenters. The van der Waals surface area contributed by atoms with Crippen molar-refractivity contribution in [2.24, 2.45) is 0 Å². The predicted molar refractivity (Wildman–Crippen MR) is 129 cm³/mol. The first kappa shape index (κ1) is 19.8. The summed E-state index contributed by atoms with van der Waals surface area (Å²) in [5.41, 5.74) is 3.59. The van der Waals surface area contributed by atoms with Gasteiger partial charge in [-0.2, -0.15) is 0 Å². The second-order valence-corrected chi connectivity index (χ2v) is 8.77. The van der Waals surface area contributed by atoms with Crippen LogP contribution in [0.1, 0.15) is 31.2 Å². The largest absolute Gasteiger partial charge is 0.372 e. The van der Waals surface area contributed by atoms with Gasteiger partial charge in [0.1, 0.15) is 5.82 Å². The summed E-state index contributed by atoms with van der Waals surface area (Å²) in [6, 6.07) is 12.2. The molecule has 0 aliphatic carbocycles. The quantitative estimate of drug-likeness (QED) is 0.446. The molecule has 1 aromatic carbocycles. The van der Waals surface area contributed by atoms with Crippen molar-refractivity contribution in [3.8, 4) is 11.4 Å². The Balaban J connectivity index is 1.51. The maximum absolute atomic E-state index is 12.6. The minimum atomic E-state index is -0.156. The molecule has 6 nitrogen and oxygen atoms in total. The summed E-state index contributed by atoms with van der Waals surface area (Å²) in [7, 11) is 0. The van der Waals surface area contributed by atoms with E-state index in [-0.39, 0.29) is 5.56 Å². The van der Waals surface area contributed by atoms with Crippen LogP contribution in [0.4, 0.5) is 17.2 Å². The van der Waals surface area contributed by atoms with Crippen molar-refractivity contribution in [2.75, 3.05) is 23.3 Å². The second-order valence-electron chi connectivity index (χ2n) is 7.83. The van der Waals surface area contributed by atoms with Crippen molar-refractivity contribution in [1.29, 1.82) is 0 Å². The zero-order valence-corrected chi connectivity index (χ0v) is 18.3. The van der Waals surface area contributed by atoms with E-state index in [1.165, 1.54) is 24.9 Å². The summed E-state index contributed by atoms with van der Waals surface area (Å²) in [4.78, 5) is 27.3. The zero-order valence-electron chi connectivity index (χ0n) is 17.5. The summed E-state index contributed by atoms with van der Waals surface area (Å²) in [6.45, 7) is 4.32. The van der Waals surface area contributed by atoms with Crippen molar-refractivity contribution in [3.05, 3.63) is 63.3 Å². The SMILES string of the molecule is CCc1nc(-c2cc3cc[nH]c(=O)c3c(Nc3ccc(N4CCCCC4)cc3)n2)cs1. The van der Waals surface area contributed by atoms with E-state index in [1.54, 1.807) is 17.5 Å². The average Bonchev–Trinajstić information content (AvgIpc) is 3.30. The van der Waals surface area contributed by atoms with Crippen molar-refractivity contribution in [2.45, 2.75) is 32.6 Å². The third-order valence-corrected chi connectivity index (χ3v) is 6.72. The molecule has 0 amide bonds. The molecule has 1 fully saturated rings. The Morgan fingerprint density at radius 2 is 1.87 bits per heavy atom. The molecule has 0 spiro atoms. The van der Waals surface area contributed by atoms with Crippen LogP contribution in [0, 0.1) is 0 Å². The van der Waals surface area contributed by atoms with Gasteiger partial charge in [0.05, 0.1) is 21.8 Å². The lowest BCUT2D eigenvalue weighted by molar-refractivity contribution is 0.578. The fourth-order valence-electron chi connectivity index (χ4n) is 4.07. The van der Waals surface area contributed by atoms with Crippen LogP contribution in [0.15, 0.2) is 52.8 Å². The van der Waals surface area contributed by atoms with Gasteiger partial charge < -0.3 is 15.2 Å². The normalized spacial score (nSPS) is 14.2. The average molecular weight is 432 g/mol. The van der Waals surface area contributed by atoms with Crippen molar-refractivity contribution < 1.29 is 0 Å². The fraction of sp³-hybridized carbons (Fsp3) is 0.292. The Kier molecular flexibility index (Phi) is 5.42. The summed E-state index contributed by atoms with van der Waals surface area (Å²) in [5, 5.41) is 7.87. The van der Waals surface area contributed by atoms with Crippen LogP contribution in [-0.4, -0.2) is 28.0 Å². The van der Waals surface area contributed by atoms with Gasteiger partial charge in [-0.1, -0.05) is 6.92 Å². The predicted octanol–water partition coefficient (Wildman–Crippen LogP) is 5.34. The van der Waals surface area contributed by atoms with Crippen LogP contribution in [0.3, 0.4) is 0 Å². The monoisotopic (exact) mass is 431 g/mol. The number of hydrogen-bond acceptors (Lipinski definition) is 6. The number of nitrogens with one attached hydrogen (secondary N) is 2. The lowest BCUT2D eigenvalue weighted by atomic mass is 10.1. The Morgan fingerprint density at radius 1 is 1.06 bits per heavy atom. The summed E-state index contributed by atoms with van der Waals surface area (Å²) >= 11 is 1.63. The maximum atomic E-state index is 12.6. The Hall–Kier alpha value is -3.19. The van der Waals surface area contributed by atoms with Crippen LogP contribution in [0.25, 0.3) is 22.2 Å². The molecule has 4 aromatic rings. The van der Waals surface area contributed by atoms with E-state index in [0.29, 0.717) is 11.2 Å². The molecular weight excluding hydrogens is 406 g/mol. The van der Waals surface area contributed by atoms with Crippen molar-refractivity contribution in [3.63, 3.8) is 0 Å². The summed E-state index contributed by atoms with van der Waals surface area (Å²) in [6.07, 6.45) is 6.39. The number of hydrogen-bond donors (Lipinski definition) is 2. The highest BCUT2D eigenvalue weighted by atomic mass is 32.1. The van der Waals surface area contributed by atoms with E-state index in [0.717, 1.165) is 47.0 Å². The first-order chi connectivity index (χ1) is 15.2. The molecule has 5 rings (SSSR count). The van der Waals surface area contributed by atoms with Crippen LogP contribution >= 0.6 is 11.3 Å². The zero-order chi connectivity index (χ0) is 21.2. The van der Waals surface area contributed by atoms with Gasteiger partial charge in [0.2, 0.25) is 0 Å². The van der Waals surface area contributed by atoms with E-state index in [1.807, 2.05) is 17.5 Å². The highest BCUT2D eigenvalue weighted by Crippen LogP contribution is 2.29. The number of anilines is 3. The van der Waals surface area contributed by atoms with E-state index in [9.17, 15) is 4.79 Å². The standard InChI is InChI=1S/C24H25N5OS/c1-2-21-27-20(15-31-21)19-14-16-10-11-25-24(30)22(16)23(28-19)26-17-6-8-18(9-7-17)29-12-4-3-5-13-29/h6-11,14-15H,2-5,12-13H2,1H3,(H,25,30)(H,26,28). The molecule has 0 unspecified atom stereocenters. The van der Waals surface area contributed by atoms with E-state index in [4.69, 9.17) is 4.98 Å². The van der Waals surface area contributed by atoms with Crippen LogP contribution in [0.2, 0.25) is 0 Å². The minimum absolute atomic E-state index is 0.156. The topological polar surface area (TPSA) is 73.9 Å². The fourth-order valence-corrected chi connectivity index (χ4v) is 4.81. The Morgan fingerprint density at radius 3 is 2.61 bits per heavy atom. The van der Waals surface area contributed by atoms with E-state index < -0.39 is 0 Å². The third kappa shape index (κ3) is 4.05. The molecule has 31 heavy (non-hydrogen) atoms. The maximum Gasteiger partial charge on any atom is 0.259 e. The molecule has 1 aliphatic rings. The summed E-state index contributed by atoms with van der Waals surface area (Å²) in [5.74, 6) is 0.547. The van der Waals surface area contributed by atoms with Gasteiger partial charge in [0.15, 0.2) is 0 Å². The number of aryl methyl sites for hydroxylation is 1. The van der Waals surface area contributed by atoms with Gasteiger partial charge in [-0.3, -0.25) is 4.79 Å². The van der Waals surface area contributed by atoms with Gasteiger partial charge in [0, 0.05) is 36.0 Å². The molecule has 2 N–H and O–H groups in total. The lowest BCUT2D eigenvalue weighted by Crippen LogP contribution is -2.29. The Labute approximate surface area is 185 Å². The Bertz CT molecular complexity index is 1260. The molecule has 3 aromatic heterocycles. The lowest BCUT2D eigenvalue weighted by Gasteiger charge is -2.28. The number of fused-ring (bicyclic) bond motifs is 1. The highest BCUT2D eigenvalue weighted by Gasteiger charge is 2.14. The number of pyridine rings is 2. The number of rotatable bonds is 5. The van der Waals surface area contributed by atoms with Crippen molar-refractivity contribution >= 4 is 39.3 Å². The molecule has 7 heteroatoms. The molecule has 1 aliphatic heterocycles. The van der Waals surface area contributed by atoms with E-state index >= 15 is 0 Å². The number of benzene rings is 1. The van der Waals surface area contributed by atoms with Crippen LogP contribution in [0.5, 0.6) is 0 Å². The molecule has 158 valence electrons. The highest BCUT2D eigenvalue weighted by molar-refractivity contribution is 7.09. The van der Waals surface area contributed by atoms with Crippen LogP contribution in [-0.2, 0) is 6.42 Å². The van der Waals surface area contributed by atoms with Gasteiger partial charge in [0.25, 0.3) is 5.56 Å². The van der Waals surface area contributed by atoms with Gasteiger partial charge >= 0.3 is 0 Å². The molecule has 0 saturated carbocycles. The van der Waals surface area contributed by atoms with Gasteiger partial charge in [-0.25, -0.2) is 9.97 Å². The van der Waals surface area contributed by atoms with Gasteiger partial charge in [-0.05, 0) is 67.5 Å². The molecular formula is C24H25N5OS.